The average molecular weight is 406 g/mol. The molecule has 7 heteroatoms. The third-order valence-corrected chi connectivity index (χ3v) is 5.71. The molecule has 3 aromatic rings. The number of amides is 1. The molecule has 2 heterocycles. The van der Waals surface area contributed by atoms with Crippen LogP contribution >= 0.6 is 0 Å². The van der Waals surface area contributed by atoms with Crippen LogP contribution in [0, 0.1) is 5.92 Å². The smallest absolute Gasteiger partial charge is 0.338 e. The van der Waals surface area contributed by atoms with Crippen LogP contribution in [0.4, 0.5) is 0 Å². The average Bonchev–Trinajstić information content (AvgIpc) is 3.21. The zero-order chi connectivity index (χ0) is 20.9. The van der Waals surface area contributed by atoms with Crippen LogP contribution < -0.4 is 0 Å². The molecule has 1 aliphatic heterocycles. The maximum Gasteiger partial charge on any atom is 0.338 e. The Morgan fingerprint density at radius 2 is 1.87 bits per heavy atom. The molecule has 1 fully saturated rings. The van der Waals surface area contributed by atoms with Crippen LogP contribution in [-0.4, -0.2) is 51.5 Å². The molecule has 4 rings (SSSR count). The molecule has 0 saturated carbocycles. The second-order valence-electron chi connectivity index (χ2n) is 7.70. The molecule has 156 valence electrons. The van der Waals surface area contributed by atoms with Crippen LogP contribution in [0.3, 0.4) is 0 Å². The molecule has 1 amide bonds. The first-order valence-electron chi connectivity index (χ1n) is 10.5. The van der Waals surface area contributed by atoms with Gasteiger partial charge < -0.3 is 9.64 Å². The zero-order valence-corrected chi connectivity index (χ0v) is 17.2. The number of fused-ring (bicyclic) bond motifs is 1. The molecule has 1 saturated heterocycles. The summed E-state index contributed by atoms with van der Waals surface area (Å²) in [6.07, 6.45) is 2.99. The Morgan fingerprint density at radius 3 is 2.60 bits per heavy atom. The van der Waals surface area contributed by atoms with Crippen LogP contribution in [0.1, 0.15) is 35.7 Å². The molecule has 1 aromatic heterocycles. The molecule has 0 spiro atoms. The lowest BCUT2D eigenvalue weighted by Crippen LogP contribution is -2.41. The highest BCUT2D eigenvalue weighted by molar-refractivity contribution is 5.94. The second kappa shape index (κ2) is 9.07. The highest BCUT2D eigenvalue weighted by atomic mass is 16.5. The van der Waals surface area contributed by atoms with Crippen molar-refractivity contribution in [1.82, 2.24) is 19.9 Å². The minimum Gasteiger partial charge on any atom is -0.452 e. The molecule has 30 heavy (non-hydrogen) atoms. The number of piperidine rings is 1. The maximum atomic E-state index is 12.5. The summed E-state index contributed by atoms with van der Waals surface area (Å²) in [6.45, 7) is 3.87. The molecule has 7 nitrogen and oxygen atoms in total. The number of carbonyl (C=O) groups is 2. The Balaban J connectivity index is 1.26. The van der Waals surface area contributed by atoms with Gasteiger partial charge in [0.1, 0.15) is 5.52 Å². The second-order valence-corrected chi connectivity index (χ2v) is 7.70. The maximum absolute atomic E-state index is 12.5. The van der Waals surface area contributed by atoms with Gasteiger partial charge in [-0.3, -0.25) is 4.79 Å². The molecule has 0 unspecified atom stereocenters. The van der Waals surface area contributed by atoms with Gasteiger partial charge in [-0.2, -0.15) is 0 Å². The van der Waals surface area contributed by atoms with E-state index in [1.807, 2.05) is 13.0 Å². The molecular formula is C23H26N4O3. The summed E-state index contributed by atoms with van der Waals surface area (Å²) in [5.74, 6) is -0.0722. The highest BCUT2D eigenvalue weighted by Crippen LogP contribution is 2.22. The number of aromatic nitrogens is 3. The number of hydrogen-bond acceptors (Lipinski definition) is 5. The van der Waals surface area contributed by atoms with E-state index in [-0.39, 0.29) is 12.5 Å². The summed E-state index contributed by atoms with van der Waals surface area (Å²) in [7, 11) is 0. The summed E-state index contributed by atoms with van der Waals surface area (Å²) >= 11 is 0. The van der Waals surface area contributed by atoms with Crippen LogP contribution in [-0.2, 0) is 22.5 Å². The topological polar surface area (TPSA) is 77.3 Å². The number of esters is 1. The van der Waals surface area contributed by atoms with Gasteiger partial charge in [-0.15, -0.1) is 5.10 Å². The van der Waals surface area contributed by atoms with E-state index in [9.17, 15) is 9.59 Å². The van der Waals surface area contributed by atoms with Crippen molar-refractivity contribution in [3.05, 3.63) is 59.7 Å². The monoisotopic (exact) mass is 406 g/mol. The Hall–Kier alpha value is -3.22. The molecule has 0 atom stereocenters. The number of nitrogens with zero attached hydrogens (tertiary/aromatic N) is 4. The van der Waals surface area contributed by atoms with Gasteiger partial charge in [0, 0.05) is 19.6 Å². The molecular weight excluding hydrogens is 380 g/mol. The first-order valence-corrected chi connectivity index (χ1v) is 10.5. The number of aryl methyl sites for hydroxylation is 1. The molecule has 1 aliphatic rings. The first-order chi connectivity index (χ1) is 14.6. The van der Waals surface area contributed by atoms with Gasteiger partial charge in [-0.05, 0) is 55.9 Å². The van der Waals surface area contributed by atoms with E-state index >= 15 is 0 Å². The first kappa shape index (κ1) is 20.1. The normalized spacial score (nSPS) is 14.8. The fraction of sp³-hybridized carbons (Fsp3) is 0.391. The molecule has 2 aromatic carbocycles. The number of likely N-dealkylation sites (tertiary alicyclic amines) is 1. The van der Waals surface area contributed by atoms with Crippen LogP contribution in [0.5, 0.6) is 0 Å². The van der Waals surface area contributed by atoms with Crippen LogP contribution in [0.15, 0.2) is 48.5 Å². The lowest BCUT2D eigenvalue weighted by Gasteiger charge is -2.32. The van der Waals surface area contributed by atoms with Crippen molar-refractivity contribution in [2.24, 2.45) is 5.92 Å². The predicted octanol–water partition coefficient (Wildman–Crippen LogP) is 3.09. The van der Waals surface area contributed by atoms with E-state index in [0.717, 1.165) is 24.8 Å². The Bertz CT molecular complexity index is 1020. The van der Waals surface area contributed by atoms with Crippen molar-refractivity contribution >= 4 is 22.9 Å². The van der Waals surface area contributed by atoms with Crippen LogP contribution in [0.25, 0.3) is 11.0 Å². The van der Waals surface area contributed by atoms with Gasteiger partial charge in [0.05, 0.1) is 11.1 Å². The van der Waals surface area contributed by atoms with Crippen LogP contribution in [0.2, 0.25) is 0 Å². The molecule has 0 bridgehead atoms. The third kappa shape index (κ3) is 4.50. The molecule has 0 N–H and O–H groups in total. The number of benzene rings is 2. The van der Waals surface area contributed by atoms with Gasteiger partial charge in [-0.1, -0.05) is 35.5 Å². The third-order valence-electron chi connectivity index (χ3n) is 5.71. The summed E-state index contributed by atoms with van der Waals surface area (Å²) in [6, 6.07) is 15.6. The van der Waals surface area contributed by atoms with Crippen molar-refractivity contribution in [1.29, 1.82) is 0 Å². The van der Waals surface area contributed by atoms with E-state index in [2.05, 4.69) is 34.6 Å². The van der Waals surface area contributed by atoms with Crippen molar-refractivity contribution < 1.29 is 14.3 Å². The van der Waals surface area contributed by atoms with Gasteiger partial charge in [0.25, 0.3) is 5.91 Å². The number of rotatable bonds is 6. The summed E-state index contributed by atoms with van der Waals surface area (Å²) < 4.78 is 7.02. The Morgan fingerprint density at radius 1 is 1.10 bits per heavy atom. The summed E-state index contributed by atoms with van der Waals surface area (Å²) in [5, 5.41) is 8.10. The van der Waals surface area contributed by atoms with E-state index in [1.165, 1.54) is 5.56 Å². The van der Waals surface area contributed by atoms with Gasteiger partial charge in [0.2, 0.25) is 0 Å². The largest absolute Gasteiger partial charge is 0.452 e. The Labute approximate surface area is 175 Å². The van der Waals surface area contributed by atoms with E-state index < -0.39 is 5.97 Å². The fourth-order valence-electron chi connectivity index (χ4n) is 3.97. The lowest BCUT2D eigenvalue weighted by molar-refractivity contribution is -0.135. The van der Waals surface area contributed by atoms with E-state index in [0.29, 0.717) is 36.6 Å². The van der Waals surface area contributed by atoms with Crippen molar-refractivity contribution in [3.63, 3.8) is 0 Å². The Kier molecular flexibility index (Phi) is 6.07. The van der Waals surface area contributed by atoms with Crippen molar-refractivity contribution in [2.75, 3.05) is 19.7 Å². The van der Waals surface area contributed by atoms with E-state index in [4.69, 9.17) is 4.74 Å². The standard InChI is InChI=1S/C23H26N4O3/c1-2-27-21-9-8-19(15-20(21)24-25-27)23(29)30-16-22(28)26-12-10-18(11-13-26)14-17-6-4-3-5-7-17/h3-9,15,18H,2,10-14,16H2,1H3. The highest BCUT2D eigenvalue weighted by Gasteiger charge is 2.24. The SMILES string of the molecule is CCn1nnc2cc(C(=O)OCC(=O)N3CCC(Cc4ccccc4)CC3)ccc21. The van der Waals surface area contributed by atoms with E-state index in [1.54, 1.807) is 27.8 Å². The quantitative estimate of drug-likeness (QED) is 0.588. The minimum absolute atomic E-state index is 0.139. The number of ether oxygens (including phenoxy) is 1. The minimum atomic E-state index is -0.518. The van der Waals surface area contributed by atoms with Crippen molar-refractivity contribution in [3.8, 4) is 0 Å². The summed E-state index contributed by atoms with van der Waals surface area (Å²) in [4.78, 5) is 26.6. The van der Waals surface area contributed by atoms with Crippen molar-refractivity contribution in [2.45, 2.75) is 32.7 Å². The summed E-state index contributed by atoms with van der Waals surface area (Å²) in [5.41, 5.74) is 3.22. The van der Waals surface area contributed by atoms with Gasteiger partial charge in [-0.25, -0.2) is 9.48 Å². The number of carbonyl (C=O) groups excluding carboxylic acids is 2. The van der Waals surface area contributed by atoms with Gasteiger partial charge in [0.15, 0.2) is 6.61 Å². The fourth-order valence-corrected chi connectivity index (χ4v) is 3.97. The van der Waals surface area contributed by atoms with Gasteiger partial charge >= 0.3 is 5.97 Å². The molecule has 0 radical (unpaired) electrons. The predicted molar refractivity (Wildman–Crippen MR) is 113 cm³/mol. The zero-order valence-electron chi connectivity index (χ0n) is 17.2. The lowest BCUT2D eigenvalue weighted by atomic mass is 9.90. The number of hydrogen-bond donors (Lipinski definition) is 0. The molecule has 0 aliphatic carbocycles.